The molecule has 5 nitrogen and oxygen atoms in total. The van der Waals surface area contributed by atoms with Gasteiger partial charge in [-0.1, -0.05) is 6.08 Å². The second-order valence-electron chi connectivity index (χ2n) is 6.00. The van der Waals surface area contributed by atoms with Crippen molar-refractivity contribution in [2.24, 2.45) is 4.99 Å². The minimum absolute atomic E-state index is 0.212. The molecule has 0 aliphatic carbocycles. The lowest BCUT2D eigenvalue weighted by Gasteiger charge is -2.22. The highest BCUT2D eigenvalue weighted by Crippen LogP contribution is 2.29. The largest absolute Gasteiger partial charge is 0.467 e. The number of ether oxygens (including phenoxy) is 2. The van der Waals surface area contributed by atoms with Crippen molar-refractivity contribution in [2.75, 3.05) is 33.5 Å². The molecule has 0 amide bonds. The van der Waals surface area contributed by atoms with Gasteiger partial charge in [0.05, 0.1) is 6.61 Å². The fourth-order valence-corrected chi connectivity index (χ4v) is 2.77. The summed E-state index contributed by atoms with van der Waals surface area (Å²) >= 11 is 0. The molecule has 138 valence electrons. The van der Waals surface area contributed by atoms with E-state index in [1.165, 1.54) is 12.1 Å². The van der Waals surface area contributed by atoms with Crippen LogP contribution >= 0.6 is 0 Å². The molecule has 0 fully saturated rings. The number of halogens is 1. The van der Waals surface area contributed by atoms with Crippen molar-refractivity contribution in [3.63, 3.8) is 0 Å². The highest BCUT2D eigenvalue weighted by molar-refractivity contribution is 5.79. The quantitative estimate of drug-likeness (QED) is 0.339. The molecule has 1 aliphatic rings. The van der Waals surface area contributed by atoms with Crippen molar-refractivity contribution < 1.29 is 13.9 Å². The molecule has 1 aliphatic heterocycles. The van der Waals surface area contributed by atoms with E-state index in [1.807, 2.05) is 20.0 Å². The Morgan fingerprint density at radius 2 is 2.32 bits per heavy atom. The fraction of sp³-hybridized carbons (Fsp3) is 0.526. The number of fused-ring (bicyclic) bond motifs is 1. The van der Waals surface area contributed by atoms with Crippen molar-refractivity contribution in [3.05, 3.63) is 41.7 Å². The molecule has 0 saturated carbocycles. The summed E-state index contributed by atoms with van der Waals surface area (Å²) in [6.07, 6.45) is 4.57. The van der Waals surface area contributed by atoms with Crippen LogP contribution < -0.4 is 10.1 Å². The summed E-state index contributed by atoms with van der Waals surface area (Å²) in [7, 11) is 2.02. The highest BCUT2D eigenvalue weighted by Gasteiger charge is 2.16. The summed E-state index contributed by atoms with van der Waals surface area (Å²) in [5.74, 6) is 1.34. The Morgan fingerprint density at radius 1 is 1.48 bits per heavy atom. The van der Waals surface area contributed by atoms with E-state index < -0.39 is 0 Å². The van der Waals surface area contributed by atoms with Crippen LogP contribution in [0.4, 0.5) is 4.39 Å². The van der Waals surface area contributed by atoms with Crippen molar-refractivity contribution >= 4 is 5.96 Å². The van der Waals surface area contributed by atoms with E-state index in [9.17, 15) is 4.39 Å². The molecule has 0 unspecified atom stereocenters. The summed E-state index contributed by atoms with van der Waals surface area (Å²) in [5, 5.41) is 3.29. The Labute approximate surface area is 149 Å². The maximum atomic E-state index is 13.8. The first-order valence-electron chi connectivity index (χ1n) is 8.77. The second-order valence-corrected chi connectivity index (χ2v) is 6.00. The molecule has 0 radical (unpaired) electrons. The number of allylic oxidation sites excluding steroid dienone is 1. The van der Waals surface area contributed by atoms with Crippen LogP contribution in [0.25, 0.3) is 0 Å². The maximum Gasteiger partial charge on any atom is 0.193 e. The molecule has 1 aromatic rings. The van der Waals surface area contributed by atoms with E-state index in [-0.39, 0.29) is 12.6 Å². The van der Waals surface area contributed by atoms with E-state index >= 15 is 0 Å². The Balaban J connectivity index is 2.01. The van der Waals surface area contributed by atoms with Crippen LogP contribution in [0.5, 0.6) is 5.75 Å². The van der Waals surface area contributed by atoms with Gasteiger partial charge >= 0.3 is 0 Å². The molecule has 0 bridgehead atoms. The standard InChI is InChI=1S/C19H28FN3O2/c1-4-6-7-10-23(3)19(21-5-2)22-9-8-15-11-17(20)12-16-13-24-14-25-18(15)16/h4,11-12H,1,5-10,13-14H2,2-3H3,(H,21,22). The Morgan fingerprint density at radius 3 is 3.08 bits per heavy atom. The van der Waals surface area contributed by atoms with Gasteiger partial charge in [0, 0.05) is 32.2 Å². The monoisotopic (exact) mass is 349 g/mol. The number of benzene rings is 1. The van der Waals surface area contributed by atoms with Gasteiger partial charge in [0.1, 0.15) is 11.6 Å². The smallest absolute Gasteiger partial charge is 0.193 e. The van der Waals surface area contributed by atoms with Crippen LogP contribution in [0.2, 0.25) is 0 Å². The van der Waals surface area contributed by atoms with Crippen LogP contribution in [0.3, 0.4) is 0 Å². The second kappa shape index (κ2) is 10.0. The lowest BCUT2D eigenvalue weighted by atomic mass is 10.1. The molecule has 0 aromatic heterocycles. The molecule has 0 saturated heterocycles. The number of hydrogen-bond acceptors (Lipinski definition) is 3. The van der Waals surface area contributed by atoms with E-state index in [0.717, 1.165) is 48.8 Å². The van der Waals surface area contributed by atoms with Gasteiger partial charge in [-0.05, 0) is 43.9 Å². The highest BCUT2D eigenvalue weighted by atomic mass is 19.1. The first-order valence-corrected chi connectivity index (χ1v) is 8.77. The predicted octanol–water partition coefficient (Wildman–Crippen LogP) is 3.10. The van der Waals surface area contributed by atoms with Gasteiger partial charge in [0.25, 0.3) is 0 Å². The van der Waals surface area contributed by atoms with E-state index in [2.05, 4.69) is 21.8 Å². The maximum absolute atomic E-state index is 13.8. The lowest BCUT2D eigenvalue weighted by molar-refractivity contribution is -0.0172. The van der Waals surface area contributed by atoms with Gasteiger partial charge in [-0.2, -0.15) is 0 Å². The van der Waals surface area contributed by atoms with Gasteiger partial charge in [-0.15, -0.1) is 6.58 Å². The summed E-state index contributed by atoms with van der Waals surface area (Å²) in [5.41, 5.74) is 1.60. The van der Waals surface area contributed by atoms with Crippen molar-refractivity contribution in [2.45, 2.75) is 32.8 Å². The van der Waals surface area contributed by atoms with Crippen molar-refractivity contribution in [3.8, 4) is 5.75 Å². The Kier molecular flexibility index (Phi) is 7.73. The Hall–Kier alpha value is -2.08. The van der Waals surface area contributed by atoms with Crippen LogP contribution in [0.15, 0.2) is 29.8 Å². The molecule has 0 atom stereocenters. The minimum atomic E-state index is -0.264. The number of rotatable bonds is 8. The Bertz CT molecular complexity index is 605. The topological polar surface area (TPSA) is 46.1 Å². The molecule has 1 N–H and O–H groups in total. The van der Waals surface area contributed by atoms with Gasteiger partial charge in [0.2, 0.25) is 0 Å². The summed E-state index contributed by atoms with van der Waals surface area (Å²) in [6, 6.07) is 3.00. The molecule has 1 aromatic carbocycles. The van der Waals surface area contributed by atoms with Gasteiger partial charge < -0.3 is 19.7 Å². The van der Waals surface area contributed by atoms with E-state index in [4.69, 9.17) is 9.47 Å². The number of unbranched alkanes of at least 4 members (excludes halogenated alkanes) is 1. The third kappa shape index (κ3) is 5.74. The SMILES string of the molecule is C=CCCCN(C)C(=NCCc1cc(F)cc2c1OCOC2)NCC. The van der Waals surface area contributed by atoms with Gasteiger partial charge in [-0.3, -0.25) is 4.99 Å². The molecule has 25 heavy (non-hydrogen) atoms. The zero-order chi connectivity index (χ0) is 18.1. The first kappa shape index (κ1) is 19.2. The van der Waals surface area contributed by atoms with Crippen LogP contribution in [-0.4, -0.2) is 44.3 Å². The molecule has 1 heterocycles. The summed E-state index contributed by atoms with van der Waals surface area (Å²) in [6.45, 7) is 8.67. The van der Waals surface area contributed by atoms with Crippen LogP contribution in [0, 0.1) is 5.82 Å². The van der Waals surface area contributed by atoms with E-state index in [0.29, 0.717) is 19.6 Å². The minimum Gasteiger partial charge on any atom is -0.467 e. The zero-order valence-corrected chi connectivity index (χ0v) is 15.2. The zero-order valence-electron chi connectivity index (χ0n) is 15.2. The number of nitrogens with one attached hydrogen (secondary N) is 1. The van der Waals surface area contributed by atoms with Crippen molar-refractivity contribution in [1.82, 2.24) is 10.2 Å². The van der Waals surface area contributed by atoms with Gasteiger partial charge in [-0.25, -0.2) is 4.39 Å². The number of guanidine groups is 1. The summed E-state index contributed by atoms with van der Waals surface area (Å²) in [4.78, 5) is 6.77. The summed E-state index contributed by atoms with van der Waals surface area (Å²) < 4.78 is 24.6. The number of aliphatic imine (C=N–C) groups is 1. The molecular weight excluding hydrogens is 321 g/mol. The third-order valence-corrected chi connectivity index (χ3v) is 3.99. The predicted molar refractivity (Wildman–Crippen MR) is 98.4 cm³/mol. The first-order chi connectivity index (χ1) is 12.2. The number of nitrogens with zero attached hydrogens (tertiary/aromatic N) is 2. The molecular formula is C19H28FN3O2. The van der Waals surface area contributed by atoms with Gasteiger partial charge in [0.15, 0.2) is 12.8 Å². The van der Waals surface area contributed by atoms with Crippen LogP contribution in [0.1, 0.15) is 30.9 Å². The average molecular weight is 349 g/mol. The van der Waals surface area contributed by atoms with Crippen LogP contribution in [-0.2, 0) is 17.8 Å². The third-order valence-electron chi connectivity index (χ3n) is 3.99. The average Bonchev–Trinajstić information content (AvgIpc) is 2.60. The fourth-order valence-electron chi connectivity index (χ4n) is 2.77. The normalized spacial score (nSPS) is 13.8. The molecule has 0 spiro atoms. The molecule has 2 rings (SSSR count). The lowest BCUT2D eigenvalue weighted by Crippen LogP contribution is -2.39. The molecule has 6 heteroatoms. The van der Waals surface area contributed by atoms with E-state index in [1.54, 1.807) is 0 Å². The number of hydrogen-bond donors (Lipinski definition) is 1. The van der Waals surface area contributed by atoms with Crippen molar-refractivity contribution in [1.29, 1.82) is 0 Å².